The van der Waals surface area contributed by atoms with Crippen LogP contribution in [0.5, 0.6) is 0 Å². The molecule has 1 atom stereocenters. The number of hydrogen-bond acceptors (Lipinski definition) is 4. The summed E-state index contributed by atoms with van der Waals surface area (Å²) in [7, 11) is 0. The molecule has 2 aromatic rings. The van der Waals surface area contributed by atoms with Gasteiger partial charge in [0.1, 0.15) is 0 Å². The van der Waals surface area contributed by atoms with E-state index in [0.717, 1.165) is 4.88 Å². The Morgan fingerprint density at radius 3 is 2.68 bits per heavy atom. The predicted octanol–water partition coefficient (Wildman–Crippen LogP) is 1.90. The van der Waals surface area contributed by atoms with E-state index in [2.05, 4.69) is 15.3 Å². The summed E-state index contributed by atoms with van der Waals surface area (Å²) in [6.07, 6.45) is 0.432. The van der Waals surface area contributed by atoms with Gasteiger partial charge >= 0.3 is 5.69 Å². The number of nitrogens with one attached hydrogen (secondary N) is 3. The van der Waals surface area contributed by atoms with Crippen LogP contribution in [-0.2, 0) is 11.2 Å². The Kier molecular flexibility index (Phi) is 5.20. The molecule has 0 aromatic carbocycles. The minimum absolute atomic E-state index is 0.139. The van der Waals surface area contributed by atoms with Gasteiger partial charge < -0.3 is 10.3 Å². The lowest BCUT2D eigenvalue weighted by Crippen LogP contribution is -2.30. The van der Waals surface area contributed by atoms with Crippen LogP contribution in [0.15, 0.2) is 21.7 Å². The number of hydrogen-bond donors (Lipinski definition) is 3. The lowest BCUT2D eigenvalue weighted by atomic mass is 10.1. The summed E-state index contributed by atoms with van der Waals surface area (Å²) >= 11 is 7.28. The Balaban J connectivity index is 1.96. The SMILES string of the molecule is Cc1[nH]c(=O)[nH]c(=O)c1CCC(=O)N[C@@H](C)c1ccc(Cl)s1. The van der Waals surface area contributed by atoms with Crippen molar-refractivity contribution in [1.29, 1.82) is 0 Å². The Morgan fingerprint density at radius 2 is 2.09 bits per heavy atom. The number of aryl methyl sites for hydroxylation is 1. The highest BCUT2D eigenvalue weighted by molar-refractivity contribution is 7.16. The number of aromatic nitrogens is 2. The van der Waals surface area contributed by atoms with Gasteiger partial charge in [-0.2, -0.15) is 0 Å². The Labute approximate surface area is 135 Å². The molecule has 0 saturated heterocycles. The molecule has 0 bridgehead atoms. The fraction of sp³-hybridized carbons (Fsp3) is 0.357. The molecule has 3 N–H and O–H groups in total. The van der Waals surface area contributed by atoms with Crippen LogP contribution in [0.25, 0.3) is 0 Å². The molecule has 0 spiro atoms. The minimum Gasteiger partial charge on any atom is -0.349 e. The average Bonchev–Trinajstić information content (AvgIpc) is 2.84. The maximum absolute atomic E-state index is 12.0. The summed E-state index contributed by atoms with van der Waals surface area (Å²) in [5.74, 6) is -0.165. The van der Waals surface area contributed by atoms with Crippen molar-refractivity contribution in [3.63, 3.8) is 0 Å². The molecule has 0 radical (unpaired) electrons. The zero-order valence-corrected chi connectivity index (χ0v) is 13.7. The maximum atomic E-state index is 12.0. The molecular weight excluding hydrogens is 326 g/mol. The summed E-state index contributed by atoms with van der Waals surface area (Å²) in [4.78, 5) is 40.4. The van der Waals surface area contributed by atoms with Crippen molar-refractivity contribution < 1.29 is 4.79 Å². The Hall–Kier alpha value is -1.86. The molecule has 8 heteroatoms. The van der Waals surface area contributed by atoms with E-state index in [1.165, 1.54) is 11.3 Å². The van der Waals surface area contributed by atoms with Crippen molar-refractivity contribution in [2.24, 2.45) is 0 Å². The molecule has 0 aliphatic rings. The van der Waals surface area contributed by atoms with E-state index in [1.807, 2.05) is 13.0 Å². The summed E-state index contributed by atoms with van der Waals surface area (Å²) in [6.45, 7) is 3.51. The second-order valence-corrected chi connectivity index (χ2v) is 6.69. The monoisotopic (exact) mass is 341 g/mol. The molecule has 0 unspecified atom stereocenters. The molecule has 2 heterocycles. The topological polar surface area (TPSA) is 94.8 Å². The summed E-state index contributed by atoms with van der Waals surface area (Å²) in [5.41, 5.74) is -0.0905. The highest BCUT2D eigenvalue weighted by Crippen LogP contribution is 2.26. The second-order valence-electron chi connectivity index (χ2n) is 4.94. The fourth-order valence-electron chi connectivity index (χ4n) is 2.11. The van der Waals surface area contributed by atoms with Crippen molar-refractivity contribution in [2.75, 3.05) is 0 Å². The fourth-order valence-corrected chi connectivity index (χ4v) is 3.17. The molecule has 2 aromatic heterocycles. The number of H-pyrrole nitrogens is 2. The van der Waals surface area contributed by atoms with Gasteiger partial charge in [-0.1, -0.05) is 11.6 Å². The standard InChI is InChI=1S/C14H16ClN3O3S/c1-7-9(13(20)18-14(21)17-7)3-6-12(19)16-8(2)10-4-5-11(15)22-10/h4-5,8H,3,6H2,1-2H3,(H,16,19)(H2,17,18,20,21)/t8-/m0/s1. The highest BCUT2D eigenvalue weighted by atomic mass is 35.5. The molecule has 2 rings (SSSR count). The molecule has 0 fully saturated rings. The predicted molar refractivity (Wildman–Crippen MR) is 86.6 cm³/mol. The van der Waals surface area contributed by atoms with Gasteiger partial charge in [0.05, 0.1) is 10.4 Å². The van der Waals surface area contributed by atoms with Crippen LogP contribution in [0.3, 0.4) is 0 Å². The van der Waals surface area contributed by atoms with Gasteiger partial charge in [-0.3, -0.25) is 14.6 Å². The first-order valence-electron chi connectivity index (χ1n) is 6.73. The van der Waals surface area contributed by atoms with Gasteiger partial charge in [0, 0.05) is 22.6 Å². The van der Waals surface area contributed by atoms with E-state index in [4.69, 9.17) is 11.6 Å². The van der Waals surface area contributed by atoms with Gasteiger partial charge in [-0.25, -0.2) is 4.79 Å². The van der Waals surface area contributed by atoms with E-state index >= 15 is 0 Å². The van der Waals surface area contributed by atoms with Crippen LogP contribution in [0.4, 0.5) is 0 Å². The molecule has 118 valence electrons. The minimum atomic E-state index is -0.543. The zero-order chi connectivity index (χ0) is 16.3. The zero-order valence-electron chi connectivity index (χ0n) is 12.2. The van der Waals surface area contributed by atoms with Crippen LogP contribution in [0, 0.1) is 6.92 Å². The van der Waals surface area contributed by atoms with Crippen LogP contribution in [0.1, 0.15) is 35.5 Å². The summed E-state index contributed by atoms with van der Waals surface area (Å²) in [6, 6.07) is 3.52. The van der Waals surface area contributed by atoms with Crippen LogP contribution >= 0.6 is 22.9 Å². The van der Waals surface area contributed by atoms with Crippen molar-refractivity contribution in [1.82, 2.24) is 15.3 Å². The number of amides is 1. The molecule has 22 heavy (non-hydrogen) atoms. The number of aromatic amines is 2. The number of rotatable bonds is 5. The molecule has 0 aliphatic heterocycles. The summed E-state index contributed by atoms with van der Waals surface area (Å²) in [5, 5.41) is 2.86. The largest absolute Gasteiger partial charge is 0.349 e. The smallest absolute Gasteiger partial charge is 0.325 e. The van der Waals surface area contributed by atoms with E-state index in [0.29, 0.717) is 15.6 Å². The number of halogens is 1. The van der Waals surface area contributed by atoms with Gasteiger partial charge in [-0.15, -0.1) is 11.3 Å². The van der Waals surface area contributed by atoms with Crippen molar-refractivity contribution in [3.8, 4) is 0 Å². The van der Waals surface area contributed by atoms with Gasteiger partial charge in [0.25, 0.3) is 5.56 Å². The third kappa shape index (κ3) is 4.08. The van der Waals surface area contributed by atoms with Crippen LogP contribution in [0.2, 0.25) is 4.34 Å². The molecule has 6 nitrogen and oxygen atoms in total. The van der Waals surface area contributed by atoms with Crippen LogP contribution < -0.4 is 16.6 Å². The van der Waals surface area contributed by atoms with Crippen molar-refractivity contribution in [3.05, 3.63) is 53.4 Å². The number of carbonyl (C=O) groups excluding carboxylic acids is 1. The van der Waals surface area contributed by atoms with Crippen molar-refractivity contribution >= 4 is 28.8 Å². The first-order valence-corrected chi connectivity index (χ1v) is 7.93. The quantitative estimate of drug-likeness (QED) is 0.775. The molecule has 1 amide bonds. The van der Waals surface area contributed by atoms with E-state index in [-0.39, 0.29) is 24.8 Å². The van der Waals surface area contributed by atoms with Gasteiger partial charge in [0.2, 0.25) is 5.91 Å². The lowest BCUT2D eigenvalue weighted by Gasteiger charge is -2.12. The van der Waals surface area contributed by atoms with E-state index in [9.17, 15) is 14.4 Å². The van der Waals surface area contributed by atoms with Gasteiger partial charge in [-0.05, 0) is 32.4 Å². The van der Waals surface area contributed by atoms with E-state index in [1.54, 1.807) is 13.0 Å². The first kappa shape index (κ1) is 16.5. The normalized spacial score (nSPS) is 12.1. The third-order valence-electron chi connectivity index (χ3n) is 3.26. The Bertz CT molecular complexity index is 793. The summed E-state index contributed by atoms with van der Waals surface area (Å²) < 4.78 is 0.673. The van der Waals surface area contributed by atoms with Crippen molar-refractivity contribution in [2.45, 2.75) is 32.7 Å². The highest BCUT2D eigenvalue weighted by Gasteiger charge is 2.13. The molecular formula is C14H16ClN3O3S. The van der Waals surface area contributed by atoms with Crippen LogP contribution in [-0.4, -0.2) is 15.9 Å². The molecule has 0 saturated carbocycles. The first-order chi connectivity index (χ1) is 10.4. The lowest BCUT2D eigenvalue weighted by molar-refractivity contribution is -0.121. The van der Waals surface area contributed by atoms with E-state index < -0.39 is 11.2 Å². The Morgan fingerprint density at radius 1 is 1.36 bits per heavy atom. The number of thiophene rings is 1. The second kappa shape index (κ2) is 6.93. The van der Waals surface area contributed by atoms with Gasteiger partial charge in [0.15, 0.2) is 0 Å². The molecule has 0 aliphatic carbocycles. The maximum Gasteiger partial charge on any atom is 0.325 e. The number of carbonyl (C=O) groups is 1. The average molecular weight is 342 g/mol. The third-order valence-corrected chi connectivity index (χ3v) is 4.67.